The van der Waals surface area contributed by atoms with Gasteiger partial charge in [0.15, 0.2) is 17.3 Å². The van der Waals surface area contributed by atoms with E-state index in [0.29, 0.717) is 28.7 Å². The number of nitrogens with zero attached hydrogens (tertiary/aromatic N) is 2. The third kappa shape index (κ3) is 4.41. The van der Waals surface area contributed by atoms with Crippen LogP contribution in [0.1, 0.15) is 26.3 Å². The lowest BCUT2D eigenvalue weighted by atomic mass is 10.2. The van der Waals surface area contributed by atoms with Gasteiger partial charge in [-0.3, -0.25) is 0 Å². The normalized spacial score (nSPS) is 11.7. The molecule has 0 unspecified atom stereocenters. The predicted octanol–water partition coefficient (Wildman–Crippen LogP) is 4.93. The zero-order chi connectivity index (χ0) is 21.2. The van der Waals surface area contributed by atoms with E-state index in [9.17, 15) is 8.42 Å². The molecule has 154 valence electrons. The first-order chi connectivity index (χ1) is 13.7. The number of imidazole rings is 1. The molecule has 29 heavy (non-hydrogen) atoms. The van der Waals surface area contributed by atoms with Gasteiger partial charge >= 0.3 is 0 Å². The standard InChI is InChI=1S/C21H23ClN2O4S/c1-5-27-19-13-16(12-18(22)20(19)28-14(2)3)21-23-10-11-24(21)29(25,26)17-8-6-15(4)7-9-17/h6-14H,5H2,1-4H3. The smallest absolute Gasteiger partial charge is 0.269 e. The first-order valence-corrected chi connectivity index (χ1v) is 11.0. The van der Waals surface area contributed by atoms with Crippen LogP contribution in [0.5, 0.6) is 11.5 Å². The molecule has 0 amide bonds. The van der Waals surface area contributed by atoms with Crippen LogP contribution >= 0.6 is 11.6 Å². The van der Waals surface area contributed by atoms with Gasteiger partial charge in [0.1, 0.15) is 0 Å². The zero-order valence-electron chi connectivity index (χ0n) is 16.7. The van der Waals surface area contributed by atoms with Crippen molar-refractivity contribution in [2.45, 2.75) is 38.7 Å². The first-order valence-electron chi connectivity index (χ1n) is 9.23. The van der Waals surface area contributed by atoms with Gasteiger partial charge in [0.2, 0.25) is 0 Å². The molecule has 8 heteroatoms. The molecular weight excluding hydrogens is 412 g/mol. The number of hydrogen-bond donors (Lipinski definition) is 0. The minimum Gasteiger partial charge on any atom is -0.490 e. The minimum absolute atomic E-state index is 0.0959. The summed E-state index contributed by atoms with van der Waals surface area (Å²) in [5, 5.41) is 0.321. The van der Waals surface area contributed by atoms with Crippen molar-refractivity contribution >= 4 is 21.6 Å². The van der Waals surface area contributed by atoms with E-state index in [2.05, 4.69) is 4.98 Å². The molecule has 0 saturated carbocycles. The quantitative estimate of drug-likeness (QED) is 0.527. The van der Waals surface area contributed by atoms with E-state index >= 15 is 0 Å². The number of benzene rings is 2. The van der Waals surface area contributed by atoms with E-state index in [1.165, 1.54) is 12.4 Å². The largest absolute Gasteiger partial charge is 0.490 e. The average Bonchev–Trinajstić information content (AvgIpc) is 3.15. The monoisotopic (exact) mass is 434 g/mol. The highest BCUT2D eigenvalue weighted by molar-refractivity contribution is 7.90. The third-order valence-electron chi connectivity index (χ3n) is 4.11. The molecule has 0 N–H and O–H groups in total. The summed E-state index contributed by atoms with van der Waals surface area (Å²) in [6.07, 6.45) is 2.76. The molecule has 3 rings (SSSR count). The highest BCUT2D eigenvalue weighted by Crippen LogP contribution is 2.40. The van der Waals surface area contributed by atoms with E-state index in [-0.39, 0.29) is 16.8 Å². The fourth-order valence-electron chi connectivity index (χ4n) is 2.82. The molecule has 1 aromatic heterocycles. The van der Waals surface area contributed by atoms with E-state index in [0.717, 1.165) is 9.54 Å². The number of ether oxygens (including phenoxy) is 2. The second-order valence-corrected chi connectivity index (χ2v) is 8.97. The average molecular weight is 435 g/mol. The zero-order valence-corrected chi connectivity index (χ0v) is 18.3. The second kappa shape index (κ2) is 8.47. The lowest BCUT2D eigenvalue weighted by Gasteiger charge is -2.17. The van der Waals surface area contributed by atoms with Crippen LogP contribution < -0.4 is 9.47 Å². The minimum atomic E-state index is -3.82. The van der Waals surface area contributed by atoms with Crippen LogP contribution in [0.25, 0.3) is 11.4 Å². The Labute approximate surface area is 176 Å². The molecule has 0 aliphatic carbocycles. The van der Waals surface area contributed by atoms with E-state index in [1.807, 2.05) is 27.7 Å². The van der Waals surface area contributed by atoms with Crippen molar-refractivity contribution in [3.05, 3.63) is 59.4 Å². The number of hydrogen-bond acceptors (Lipinski definition) is 5. The predicted molar refractivity (Wildman–Crippen MR) is 113 cm³/mol. The van der Waals surface area contributed by atoms with Crippen molar-refractivity contribution in [1.29, 1.82) is 0 Å². The molecule has 6 nitrogen and oxygen atoms in total. The van der Waals surface area contributed by atoms with Gasteiger partial charge < -0.3 is 9.47 Å². The van der Waals surface area contributed by atoms with Crippen LogP contribution in [0.3, 0.4) is 0 Å². The molecule has 1 heterocycles. The fourth-order valence-corrected chi connectivity index (χ4v) is 4.38. The van der Waals surface area contributed by atoms with Gasteiger partial charge in [0, 0.05) is 18.0 Å². The Bertz CT molecular complexity index is 1110. The van der Waals surface area contributed by atoms with E-state index in [4.69, 9.17) is 21.1 Å². The number of rotatable bonds is 7. The van der Waals surface area contributed by atoms with Crippen LogP contribution in [0, 0.1) is 6.92 Å². The maximum Gasteiger partial charge on any atom is 0.269 e. The SMILES string of the molecule is CCOc1cc(-c2nccn2S(=O)(=O)c2ccc(C)cc2)cc(Cl)c1OC(C)C. The number of aryl methyl sites for hydroxylation is 1. The highest BCUT2D eigenvalue weighted by Gasteiger charge is 2.23. The van der Waals surface area contributed by atoms with Crippen molar-refractivity contribution < 1.29 is 17.9 Å². The van der Waals surface area contributed by atoms with Crippen molar-refractivity contribution in [2.75, 3.05) is 6.61 Å². The van der Waals surface area contributed by atoms with Crippen molar-refractivity contribution in [2.24, 2.45) is 0 Å². The van der Waals surface area contributed by atoms with Crippen LogP contribution in [0.4, 0.5) is 0 Å². The molecule has 0 atom stereocenters. The third-order valence-corrected chi connectivity index (χ3v) is 6.07. The van der Waals surface area contributed by atoms with Gasteiger partial charge in [0.25, 0.3) is 10.0 Å². The molecule has 0 saturated heterocycles. The Morgan fingerprint density at radius 1 is 1.17 bits per heavy atom. The van der Waals surface area contributed by atoms with Crippen LogP contribution in [0.15, 0.2) is 53.7 Å². The summed E-state index contributed by atoms with van der Waals surface area (Å²) in [5.41, 5.74) is 1.49. The molecule has 2 aromatic carbocycles. The van der Waals surface area contributed by atoms with Crippen LogP contribution in [0.2, 0.25) is 5.02 Å². The summed E-state index contributed by atoms with van der Waals surface area (Å²) in [4.78, 5) is 4.44. The molecule has 0 spiro atoms. The molecule has 3 aromatic rings. The lowest BCUT2D eigenvalue weighted by Crippen LogP contribution is -2.14. The second-order valence-electron chi connectivity index (χ2n) is 6.75. The van der Waals surface area contributed by atoms with E-state index < -0.39 is 10.0 Å². The Morgan fingerprint density at radius 2 is 1.86 bits per heavy atom. The Balaban J connectivity index is 2.12. The van der Waals surface area contributed by atoms with Gasteiger partial charge in [-0.2, -0.15) is 0 Å². The maximum absolute atomic E-state index is 13.1. The van der Waals surface area contributed by atoms with Gasteiger partial charge in [-0.15, -0.1) is 0 Å². The van der Waals surface area contributed by atoms with Gasteiger partial charge in [-0.1, -0.05) is 29.3 Å². The summed E-state index contributed by atoms with van der Waals surface area (Å²) >= 11 is 6.44. The van der Waals surface area contributed by atoms with Crippen LogP contribution in [-0.2, 0) is 10.0 Å². The molecule has 0 aliphatic heterocycles. The molecule has 0 fully saturated rings. The van der Waals surface area contributed by atoms with Crippen LogP contribution in [-0.4, -0.2) is 30.1 Å². The van der Waals surface area contributed by atoms with Gasteiger partial charge in [0.05, 0.1) is 22.6 Å². The fraction of sp³-hybridized carbons (Fsp3) is 0.286. The number of halogens is 1. The van der Waals surface area contributed by atoms with E-state index in [1.54, 1.807) is 36.4 Å². The number of aromatic nitrogens is 2. The highest BCUT2D eigenvalue weighted by atomic mass is 35.5. The van der Waals surface area contributed by atoms with Crippen molar-refractivity contribution in [3.8, 4) is 22.9 Å². The Kier molecular flexibility index (Phi) is 6.19. The maximum atomic E-state index is 13.1. The summed E-state index contributed by atoms with van der Waals surface area (Å²) in [7, 11) is -3.82. The Hall–Kier alpha value is -2.51. The van der Waals surface area contributed by atoms with Crippen molar-refractivity contribution in [1.82, 2.24) is 8.96 Å². The summed E-state index contributed by atoms with van der Waals surface area (Å²) in [6, 6.07) is 9.98. The van der Waals surface area contributed by atoms with Gasteiger partial charge in [-0.05, 0) is 52.0 Å². The topological polar surface area (TPSA) is 70.4 Å². The lowest BCUT2D eigenvalue weighted by molar-refractivity contribution is 0.224. The first kappa shape index (κ1) is 21.2. The van der Waals surface area contributed by atoms with Gasteiger partial charge in [-0.25, -0.2) is 17.4 Å². The Morgan fingerprint density at radius 3 is 2.48 bits per heavy atom. The summed E-state index contributed by atoms with van der Waals surface area (Å²) < 4.78 is 38.9. The summed E-state index contributed by atoms with van der Waals surface area (Å²) in [6.45, 7) is 7.94. The summed E-state index contributed by atoms with van der Waals surface area (Å²) in [5.74, 6) is 1.10. The molecule has 0 aliphatic rings. The molecule has 0 bridgehead atoms. The molecule has 0 radical (unpaired) electrons. The van der Waals surface area contributed by atoms with Crippen molar-refractivity contribution in [3.63, 3.8) is 0 Å². The molecular formula is C21H23ClN2O4S.